The number of hydrogen-bond acceptors (Lipinski definition) is 2. The van der Waals surface area contributed by atoms with Gasteiger partial charge in [0.2, 0.25) is 0 Å². The van der Waals surface area contributed by atoms with Crippen LogP contribution < -0.4 is 10.5 Å². The Kier molecular flexibility index (Phi) is 3.96. The van der Waals surface area contributed by atoms with Crippen LogP contribution >= 0.6 is 11.6 Å². The van der Waals surface area contributed by atoms with Crippen molar-refractivity contribution >= 4 is 17.3 Å². The first-order valence-corrected chi connectivity index (χ1v) is 6.29. The van der Waals surface area contributed by atoms with Gasteiger partial charge in [0.25, 0.3) is 0 Å². The maximum Gasteiger partial charge on any atom is 0.131 e. The van der Waals surface area contributed by atoms with E-state index in [1.807, 2.05) is 26.0 Å². The third kappa shape index (κ3) is 2.99. The Hall–Kier alpha value is -1.74. The van der Waals surface area contributed by atoms with E-state index < -0.39 is 0 Å². The molecule has 2 nitrogen and oxygen atoms in total. The lowest BCUT2D eigenvalue weighted by atomic mass is 10.1. The highest BCUT2D eigenvalue weighted by molar-refractivity contribution is 6.31. The minimum atomic E-state index is -0.363. The van der Waals surface area contributed by atoms with Crippen molar-refractivity contribution in [2.45, 2.75) is 20.5 Å². The summed E-state index contributed by atoms with van der Waals surface area (Å²) in [6, 6.07) is 8.23. The largest absolute Gasteiger partial charge is 0.488 e. The standard InChI is InChI=1S/C15H15ClFNO/c1-9-6-11(18)7-10(2)15(9)19-8-12-13(16)4-3-5-14(12)17/h3-7H,8,18H2,1-2H3. The molecule has 0 aliphatic heterocycles. The second-order valence-electron chi connectivity index (χ2n) is 4.47. The van der Waals surface area contributed by atoms with E-state index in [0.29, 0.717) is 22.0 Å². The Morgan fingerprint density at radius 3 is 2.42 bits per heavy atom. The van der Waals surface area contributed by atoms with E-state index in [9.17, 15) is 4.39 Å². The average Bonchev–Trinajstić information content (AvgIpc) is 2.31. The Labute approximate surface area is 117 Å². The number of nitrogen functional groups attached to an aromatic ring is 1. The molecule has 0 unspecified atom stereocenters. The Balaban J connectivity index is 2.24. The fourth-order valence-corrected chi connectivity index (χ4v) is 2.24. The van der Waals surface area contributed by atoms with E-state index in [2.05, 4.69) is 0 Å². The normalized spacial score (nSPS) is 10.5. The van der Waals surface area contributed by atoms with Crippen molar-refractivity contribution in [3.8, 4) is 5.75 Å². The van der Waals surface area contributed by atoms with Gasteiger partial charge in [-0.25, -0.2) is 4.39 Å². The fraction of sp³-hybridized carbons (Fsp3) is 0.200. The molecule has 0 saturated carbocycles. The molecule has 2 aromatic rings. The molecule has 0 heterocycles. The average molecular weight is 280 g/mol. The van der Waals surface area contributed by atoms with Gasteiger partial charge in [0, 0.05) is 11.3 Å². The monoisotopic (exact) mass is 279 g/mol. The summed E-state index contributed by atoms with van der Waals surface area (Å²) in [4.78, 5) is 0. The van der Waals surface area contributed by atoms with Crippen molar-refractivity contribution in [2.75, 3.05) is 5.73 Å². The maximum absolute atomic E-state index is 13.6. The summed E-state index contributed by atoms with van der Waals surface area (Å²) >= 11 is 5.96. The Morgan fingerprint density at radius 1 is 1.21 bits per heavy atom. The molecule has 0 aromatic heterocycles. The molecule has 2 aromatic carbocycles. The molecule has 100 valence electrons. The predicted octanol–water partition coefficient (Wildman–Crippen LogP) is 4.26. The van der Waals surface area contributed by atoms with E-state index >= 15 is 0 Å². The lowest BCUT2D eigenvalue weighted by Crippen LogP contribution is -2.02. The van der Waals surface area contributed by atoms with Gasteiger partial charge in [-0.05, 0) is 49.2 Å². The van der Waals surface area contributed by atoms with Gasteiger partial charge in [0.15, 0.2) is 0 Å². The van der Waals surface area contributed by atoms with Crippen LogP contribution in [0, 0.1) is 19.7 Å². The van der Waals surface area contributed by atoms with Gasteiger partial charge in [-0.15, -0.1) is 0 Å². The zero-order valence-corrected chi connectivity index (χ0v) is 11.6. The summed E-state index contributed by atoms with van der Waals surface area (Å²) < 4.78 is 19.3. The molecule has 0 spiro atoms. The van der Waals surface area contributed by atoms with E-state index in [4.69, 9.17) is 22.1 Å². The molecule has 0 saturated heterocycles. The summed E-state index contributed by atoms with van der Waals surface area (Å²) in [6.07, 6.45) is 0. The highest BCUT2D eigenvalue weighted by Gasteiger charge is 2.10. The third-order valence-electron chi connectivity index (χ3n) is 2.91. The molecular weight excluding hydrogens is 265 g/mol. The summed E-state index contributed by atoms with van der Waals surface area (Å²) in [5.41, 5.74) is 8.64. The number of halogens is 2. The molecule has 4 heteroatoms. The minimum Gasteiger partial charge on any atom is -0.488 e. The molecule has 0 aliphatic carbocycles. The SMILES string of the molecule is Cc1cc(N)cc(C)c1OCc1c(F)cccc1Cl. The number of nitrogens with two attached hydrogens (primary N) is 1. The quantitative estimate of drug-likeness (QED) is 0.852. The van der Waals surface area contributed by atoms with Crippen LogP contribution in [0.2, 0.25) is 5.02 Å². The molecule has 0 atom stereocenters. The molecule has 0 fully saturated rings. The molecular formula is C15H15ClFNO. The smallest absolute Gasteiger partial charge is 0.131 e. The summed E-state index contributed by atoms with van der Waals surface area (Å²) in [7, 11) is 0. The molecule has 0 aliphatic rings. The van der Waals surface area contributed by atoms with Gasteiger partial charge < -0.3 is 10.5 Å². The zero-order valence-electron chi connectivity index (χ0n) is 10.8. The number of anilines is 1. The number of ether oxygens (including phenoxy) is 1. The molecule has 0 radical (unpaired) electrons. The first kappa shape index (κ1) is 13.7. The first-order chi connectivity index (χ1) is 8.99. The summed E-state index contributed by atoms with van der Waals surface area (Å²) in [5, 5.41) is 0.366. The van der Waals surface area contributed by atoms with Crippen molar-refractivity contribution in [1.29, 1.82) is 0 Å². The first-order valence-electron chi connectivity index (χ1n) is 5.91. The van der Waals surface area contributed by atoms with Crippen LogP contribution in [0.3, 0.4) is 0 Å². The van der Waals surface area contributed by atoms with Crippen LogP contribution in [-0.2, 0) is 6.61 Å². The van der Waals surface area contributed by atoms with Crippen LogP contribution in [0.15, 0.2) is 30.3 Å². The van der Waals surface area contributed by atoms with Gasteiger partial charge in [0.05, 0.1) is 5.02 Å². The molecule has 19 heavy (non-hydrogen) atoms. The van der Waals surface area contributed by atoms with E-state index in [0.717, 1.165) is 11.1 Å². The van der Waals surface area contributed by atoms with Crippen molar-refractivity contribution in [2.24, 2.45) is 0 Å². The topological polar surface area (TPSA) is 35.2 Å². The van der Waals surface area contributed by atoms with Crippen molar-refractivity contribution in [1.82, 2.24) is 0 Å². The van der Waals surface area contributed by atoms with Crippen molar-refractivity contribution in [3.63, 3.8) is 0 Å². The maximum atomic E-state index is 13.6. The van der Waals surface area contributed by atoms with Crippen LogP contribution in [0.1, 0.15) is 16.7 Å². The zero-order chi connectivity index (χ0) is 14.0. The Bertz CT molecular complexity index is 570. The van der Waals surface area contributed by atoms with E-state index in [1.165, 1.54) is 6.07 Å². The molecule has 2 N–H and O–H groups in total. The summed E-state index contributed by atoms with van der Waals surface area (Å²) in [6.45, 7) is 3.90. The van der Waals surface area contributed by atoms with E-state index in [-0.39, 0.29) is 12.4 Å². The lowest BCUT2D eigenvalue weighted by Gasteiger charge is -2.14. The number of rotatable bonds is 3. The highest BCUT2D eigenvalue weighted by atomic mass is 35.5. The second kappa shape index (κ2) is 5.49. The summed E-state index contributed by atoms with van der Waals surface area (Å²) in [5.74, 6) is 0.353. The molecule has 2 rings (SSSR count). The Morgan fingerprint density at radius 2 is 1.84 bits per heavy atom. The van der Waals surface area contributed by atoms with Gasteiger partial charge in [0.1, 0.15) is 18.2 Å². The van der Waals surface area contributed by atoms with Crippen LogP contribution in [0.25, 0.3) is 0 Å². The predicted molar refractivity (Wildman–Crippen MR) is 76.1 cm³/mol. The molecule has 0 bridgehead atoms. The molecule has 0 amide bonds. The van der Waals surface area contributed by atoms with Crippen molar-refractivity contribution in [3.05, 3.63) is 57.9 Å². The van der Waals surface area contributed by atoms with Crippen LogP contribution in [0.5, 0.6) is 5.75 Å². The number of benzene rings is 2. The van der Waals surface area contributed by atoms with Crippen LogP contribution in [0.4, 0.5) is 10.1 Å². The minimum absolute atomic E-state index is 0.0943. The van der Waals surface area contributed by atoms with Gasteiger partial charge in [-0.1, -0.05) is 17.7 Å². The fourth-order valence-electron chi connectivity index (χ4n) is 2.03. The van der Waals surface area contributed by atoms with E-state index in [1.54, 1.807) is 12.1 Å². The van der Waals surface area contributed by atoms with Crippen LogP contribution in [-0.4, -0.2) is 0 Å². The van der Waals surface area contributed by atoms with Crippen molar-refractivity contribution < 1.29 is 9.13 Å². The van der Waals surface area contributed by atoms with Gasteiger partial charge >= 0.3 is 0 Å². The van der Waals surface area contributed by atoms with Gasteiger partial charge in [-0.2, -0.15) is 0 Å². The third-order valence-corrected chi connectivity index (χ3v) is 3.26. The highest BCUT2D eigenvalue weighted by Crippen LogP contribution is 2.28. The lowest BCUT2D eigenvalue weighted by molar-refractivity contribution is 0.296. The number of aryl methyl sites for hydroxylation is 2. The second-order valence-corrected chi connectivity index (χ2v) is 4.88. The number of hydrogen-bond donors (Lipinski definition) is 1. The van der Waals surface area contributed by atoms with Gasteiger partial charge in [-0.3, -0.25) is 0 Å².